The molecule has 0 spiro atoms. The van der Waals surface area contributed by atoms with E-state index in [1.807, 2.05) is 25.4 Å². The minimum atomic E-state index is 0.876. The number of nitrogens with one attached hydrogen (secondary N) is 1. The molecule has 0 fully saturated rings. The van der Waals surface area contributed by atoms with Crippen LogP contribution < -0.4 is 10.1 Å². The first-order valence-corrected chi connectivity index (χ1v) is 6.84. The van der Waals surface area contributed by atoms with Crippen molar-refractivity contribution in [2.75, 3.05) is 20.7 Å². The molecule has 1 heterocycles. The predicted octanol–water partition coefficient (Wildman–Crippen LogP) is 2.50. The summed E-state index contributed by atoms with van der Waals surface area (Å²) in [5.41, 5.74) is 1.24. The molecule has 1 N–H and O–H groups in total. The predicted molar refractivity (Wildman–Crippen MR) is 75.5 cm³/mol. The van der Waals surface area contributed by atoms with Gasteiger partial charge in [0.25, 0.3) is 0 Å². The van der Waals surface area contributed by atoms with Gasteiger partial charge in [-0.1, -0.05) is 12.1 Å². The molecule has 0 aliphatic carbocycles. The van der Waals surface area contributed by atoms with Gasteiger partial charge in [0.15, 0.2) is 0 Å². The minimum absolute atomic E-state index is 0.876. The molecule has 0 bridgehead atoms. The van der Waals surface area contributed by atoms with Crippen molar-refractivity contribution in [3.63, 3.8) is 0 Å². The largest absolute Gasteiger partial charge is 0.497 e. The summed E-state index contributed by atoms with van der Waals surface area (Å²) in [5, 5.41) is 4.31. The summed E-state index contributed by atoms with van der Waals surface area (Å²) in [4.78, 5) is 5.81. The van der Waals surface area contributed by atoms with Gasteiger partial charge in [0, 0.05) is 17.5 Å². The molecule has 0 aliphatic rings. The van der Waals surface area contributed by atoms with Crippen LogP contribution in [0.4, 0.5) is 0 Å². The molecule has 1 aromatic heterocycles. The highest BCUT2D eigenvalue weighted by Crippen LogP contribution is 2.19. The Bertz CT molecular complexity index is 496. The van der Waals surface area contributed by atoms with Gasteiger partial charge in [-0.25, -0.2) is 4.98 Å². The van der Waals surface area contributed by atoms with Crippen LogP contribution in [0, 0.1) is 0 Å². The zero-order valence-corrected chi connectivity index (χ0v) is 11.6. The summed E-state index contributed by atoms with van der Waals surface area (Å²) in [6.07, 6.45) is 3.91. The number of nitrogens with zero attached hydrogens (tertiary/aromatic N) is 1. The molecular formula is C14H18N2OS. The van der Waals surface area contributed by atoms with Crippen molar-refractivity contribution in [1.29, 1.82) is 0 Å². The molecule has 3 nitrogen and oxygen atoms in total. The SMILES string of the molecule is CNCCc1cnc(Cc2cccc(OC)c2)s1. The van der Waals surface area contributed by atoms with E-state index in [9.17, 15) is 0 Å². The average molecular weight is 262 g/mol. The molecule has 0 saturated heterocycles. The van der Waals surface area contributed by atoms with E-state index < -0.39 is 0 Å². The normalized spacial score (nSPS) is 10.6. The lowest BCUT2D eigenvalue weighted by molar-refractivity contribution is 0.414. The van der Waals surface area contributed by atoms with E-state index in [-0.39, 0.29) is 0 Å². The third-order valence-corrected chi connectivity index (χ3v) is 3.77. The molecule has 18 heavy (non-hydrogen) atoms. The molecule has 2 rings (SSSR count). The number of ether oxygens (including phenoxy) is 1. The van der Waals surface area contributed by atoms with Crippen LogP contribution >= 0.6 is 11.3 Å². The number of rotatable bonds is 6. The summed E-state index contributed by atoms with van der Waals surface area (Å²) in [5.74, 6) is 0.902. The Morgan fingerprint density at radius 3 is 3.06 bits per heavy atom. The number of aromatic nitrogens is 1. The highest BCUT2D eigenvalue weighted by molar-refractivity contribution is 7.11. The van der Waals surface area contributed by atoms with Crippen molar-refractivity contribution in [1.82, 2.24) is 10.3 Å². The molecule has 0 aliphatic heterocycles. The van der Waals surface area contributed by atoms with E-state index in [0.717, 1.165) is 30.1 Å². The molecule has 0 saturated carbocycles. The van der Waals surface area contributed by atoms with E-state index in [1.165, 1.54) is 10.4 Å². The fraction of sp³-hybridized carbons (Fsp3) is 0.357. The number of hydrogen-bond donors (Lipinski definition) is 1. The van der Waals surface area contributed by atoms with E-state index >= 15 is 0 Å². The lowest BCUT2D eigenvalue weighted by Gasteiger charge is -2.02. The number of hydrogen-bond acceptors (Lipinski definition) is 4. The molecule has 96 valence electrons. The van der Waals surface area contributed by atoms with Crippen LogP contribution in [0.5, 0.6) is 5.75 Å². The lowest BCUT2D eigenvalue weighted by Crippen LogP contribution is -2.09. The molecular weight excluding hydrogens is 244 g/mol. The van der Waals surface area contributed by atoms with Crippen LogP contribution in [0.2, 0.25) is 0 Å². The summed E-state index contributed by atoms with van der Waals surface area (Å²) < 4.78 is 5.23. The maximum atomic E-state index is 5.23. The molecule has 2 aromatic rings. The Morgan fingerprint density at radius 2 is 2.28 bits per heavy atom. The second-order valence-corrected chi connectivity index (χ2v) is 5.30. The Balaban J connectivity index is 2.01. The highest BCUT2D eigenvalue weighted by atomic mass is 32.1. The Kier molecular flexibility index (Phi) is 4.73. The first kappa shape index (κ1) is 13.1. The standard InChI is InChI=1S/C14H18N2OS/c1-15-7-6-13-10-16-14(18-13)9-11-4-3-5-12(8-11)17-2/h3-5,8,10,15H,6-7,9H2,1-2H3. The maximum Gasteiger partial charge on any atom is 0.119 e. The van der Waals surface area contributed by atoms with Gasteiger partial charge >= 0.3 is 0 Å². The Labute approximate surface area is 112 Å². The number of thiazole rings is 1. The number of benzene rings is 1. The van der Waals surface area contributed by atoms with E-state index in [4.69, 9.17) is 4.74 Å². The quantitative estimate of drug-likeness (QED) is 0.868. The third kappa shape index (κ3) is 3.55. The van der Waals surface area contributed by atoms with Crippen LogP contribution in [-0.2, 0) is 12.8 Å². The van der Waals surface area contributed by atoms with Gasteiger partial charge in [-0.05, 0) is 37.7 Å². The van der Waals surface area contributed by atoms with Gasteiger partial charge in [0.05, 0.1) is 12.1 Å². The number of likely N-dealkylation sites (N-methyl/N-ethyl adjacent to an activating group) is 1. The van der Waals surface area contributed by atoms with Gasteiger partial charge in [-0.2, -0.15) is 0 Å². The van der Waals surface area contributed by atoms with Crippen molar-refractivity contribution in [3.8, 4) is 5.75 Å². The average Bonchev–Trinajstić information content (AvgIpc) is 2.84. The number of methoxy groups -OCH3 is 1. The van der Waals surface area contributed by atoms with Crippen molar-refractivity contribution < 1.29 is 4.74 Å². The van der Waals surface area contributed by atoms with Crippen molar-refractivity contribution in [3.05, 3.63) is 45.9 Å². The second kappa shape index (κ2) is 6.52. The Morgan fingerprint density at radius 1 is 1.39 bits per heavy atom. The zero-order chi connectivity index (χ0) is 12.8. The van der Waals surface area contributed by atoms with Crippen LogP contribution in [-0.4, -0.2) is 25.7 Å². The van der Waals surface area contributed by atoms with Gasteiger partial charge in [-0.3, -0.25) is 0 Å². The van der Waals surface area contributed by atoms with Gasteiger partial charge in [0.1, 0.15) is 5.75 Å². The van der Waals surface area contributed by atoms with Crippen LogP contribution in [0.15, 0.2) is 30.5 Å². The zero-order valence-electron chi connectivity index (χ0n) is 10.8. The monoisotopic (exact) mass is 262 g/mol. The topological polar surface area (TPSA) is 34.2 Å². The molecule has 0 amide bonds. The van der Waals surface area contributed by atoms with Gasteiger partial charge in [-0.15, -0.1) is 11.3 Å². The minimum Gasteiger partial charge on any atom is -0.497 e. The van der Waals surface area contributed by atoms with Gasteiger partial charge in [0.2, 0.25) is 0 Å². The summed E-state index contributed by atoms with van der Waals surface area (Å²) >= 11 is 1.79. The fourth-order valence-corrected chi connectivity index (χ4v) is 2.71. The van der Waals surface area contributed by atoms with E-state index in [0.29, 0.717) is 0 Å². The second-order valence-electron chi connectivity index (χ2n) is 4.10. The maximum absolute atomic E-state index is 5.23. The third-order valence-electron chi connectivity index (χ3n) is 2.71. The van der Waals surface area contributed by atoms with Crippen LogP contribution in [0.25, 0.3) is 0 Å². The summed E-state index contributed by atoms with van der Waals surface area (Å²) in [6, 6.07) is 8.15. The Hall–Kier alpha value is -1.39. The first-order valence-electron chi connectivity index (χ1n) is 6.03. The molecule has 1 aromatic carbocycles. The van der Waals surface area contributed by atoms with E-state index in [1.54, 1.807) is 18.4 Å². The highest BCUT2D eigenvalue weighted by Gasteiger charge is 2.04. The van der Waals surface area contributed by atoms with Gasteiger partial charge < -0.3 is 10.1 Å². The van der Waals surface area contributed by atoms with Crippen molar-refractivity contribution in [2.45, 2.75) is 12.8 Å². The molecule has 0 unspecified atom stereocenters. The van der Waals surface area contributed by atoms with E-state index in [2.05, 4.69) is 22.4 Å². The first-order chi connectivity index (χ1) is 8.81. The smallest absolute Gasteiger partial charge is 0.119 e. The fourth-order valence-electron chi connectivity index (χ4n) is 1.75. The lowest BCUT2D eigenvalue weighted by atomic mass is 10.1. The summed E-state index contributed by atoms with van der Waals surface area (Å²) in [6.45, 7) is 1.00. The van der Waals surface area contributed by atoms with Crippen molar-refractivity contribution >= 4 is 11.3 Å². The summed E-state index contributed by atoms with van der Waals surface area (Å²) in [7, 11) is 3.66. The van der Waals surface area contributed by atoms with Crippen LogP contribution in [0.3, 0.4) is 0 Å². The van der Waals surface area contributed by atoms with Crippen LogP contribution in [0.1, 0.15) is 15.4 Å². The molecule has 4 heteroatoms. The molecule has 0 atom stereocenters. The molecule has 0 radical (unpaired) electrons. The van der Waals surface area contributed by atoms with Crippen molar-refractivity contribution in [2.24, 2.45) is 0 Å².